The zero-order chi connectivity index (χ0) is 16.8. The number of nitrogens with one attached hydrogen (secondary N) is 1. The molecular weight excluding hydrogens is 302 g/mol. The molecule has 3 atom stereocenters. The van der Waals surface area contributed by atoms with Gasteiger partial charge in [-0.15, -0.1) is 0 Å². The van der Waals surface area contributed by atoms with Gasteiger partial charge in [-0.25, -0.2) is 4.79 Å². The van der Waals surface area contributed by atoms with Crippen LogP contribution in [0.5, 0.6) is 5.75 Å². The molecule has 1 N–H and O–H groups in total. The third-order valence-corrected chi connectivity index (χ3v) is 5.40. The topological polar surface area (TPSA) is 40.0 Å². The van der Waals surface area contributed by atoms with E-state index in [9.17, 15) is 4.79 Å². The molecule has 0 aliphatic carbocycles. The molecule has 24 heavy (non-hydrogen) atoms. The average Bonchev–Trinajstić information content (AvgIpc) is 2.65. The largest absolute Gasteiger partial charge is 0.497 e. The molecule has 0 aromatic heterocycles. The van der Waals surface area contributed by atoms with Crippen LogP contribution in [-0.2, 0) is 9.53 Å². The van der Waals surface area contributed by atoms with E-state index in [1.807, 2.05) is 24.3 Å². The Morgan fingerprint density at radius 3 is 2.75 bits per heavy atom. The molecule has 2 heterocycles. The molecule has 1 aromatic rings. The molecule has 0 amide bonds. The minimum Gasteiger partial charge on any atom is -0.497 e. The summed E-state index contributed by atoms with van der Waals surface area (Å²) in [6.07, 6.45) is 9.74. The number of hydrogen-bond acceptors (Lipinski definition) is 3. The summed E-state index contributed by atoms with van der Waals surface area (Å²) in [5.74, 6) is 1.10. The standard InChI is InChI=1S/C20H27NO3/c1-23-18-10-7-16(8-11-18)9-12-20(22)24-15-17-5-4-14-21-13-3-2-6-19(17)21/h7-12,17,19H,2-6,13-15H2,1H3/p+1/b12-9+/t17-,19+/m0/s1. The van der Waals surface area contributed by atoms with Crippen LogP contribution in [0.1, 0.15) is 37.7 Å². The van der Waals surface area contributed by atoms with Gasteiger partial charge in [-0.2, -0.15) is 0 Å². The minimum atomic E-state index is -0.242. The predicted octanol–water partition coefficient (Wildman–Crippen LogP) is 2.10. The number of esters is 1. The highest BCUT2D eigenvalue weighted by Crippen LogP contribution is 2.20. The summed E-state index contributed by atoms with van der Waals surface area (Å²) < 4.78 is 10.7. The number of ether oxygens (including phenoxy) is 2. The van der Waals surface area contributed by atoms with Crippen LogP contribution in [0, 0.1) is 5.92 Å². The Hall–Kier alpha value is -1.81. The van der Waals surface area contributed by atoms with Gasteiger partial charge in [-0.3, -0.25) is 0 Å². The Morgan fingerprint density at radius 2 is 1.96 bits per heavy atom. The van der Waals surface area contributed by atoms with Crippen molar-refractivity contribution < 1.29 is 19.2 Å². The Labute approximate surface area is 144 Å². The summed E-state index contributed by atoms with van der Waals surface area (Å²) in [5, 5.41) is 0. The summed E-state index contributed by atoms with van der Waals surface area (Å²) in [5.41, 5.74) is 0.966. The Bertz CT molecular complexity index is 565. The van der Waals surface area contributed by atoms with Crippen molar-refractivity contribution in [3.05, 3.63) is 35.9 Å². The fourth-order valence-electron chi connectivity index (χ4n) is 4.09. The normalized spacial score (nSPS) is 26.8. The molecule has 0 bridgehead atoms. The number of hydrogen-bond donors (Lipinski definition) is 1. The molecule has 130 valence electrons. The predicted molar refractivity (Wildman–Crippen MR) is 94.0 cm³/mol. The van der Waals surface area contributed by atoms with E-state index in [0.29, 0.717) is 18.6 Å². The third kappa shape index (κ3) is 4.38. The number of piperidine rings is 2. The van der Waals surface area contributed by atoms with Crippen molar-refractivity contribution in [1.29, 1.82) is 0 Å². The van der Waals surface area contributed by atoms with Gasteiger partial charge in [-0.1, -0.05) is 12.1 Å². The highest BCUT2D eigenvalue weighted by Gasteiger charge is 2.36. The lowest BCUT2D eigenvalue weighted by Gasteiger charge is -2.40. The van der Waals surface area contributed by atoms with Gasteiger partial charge in [0, 0.05) is 12.0 Å². The van der Waals surface area contributed by atoms with Gasteiger partial charge in [0.15, 0.2) is 0 Å². The van der Waals surface area contributed by atoms with E-state index in [-0.39, 0.29) is 5.97 Å². The van der Waals surface area contributed by atoms with E-state index < -0.39 is 0 Å². The first-order valence-electron chi connectivity index (χ1n) is 9.10. The Balaban J connectivity index is 1.48. The molecule has 0 spiro atoms. The van der Waals surface area contributed by atoms with E-state index in [0.717, 1.165) is 11.3 Å². The lowest BCUT2D eigenvalue weighted by atomic mass is 9.84. The van der Waals surface area contributed by atoms with Crippen molar-refractivity contribution in [2.24, 2.45) is 5.92 Å². The molecular formula is C20H28NO3+. The van der Waals surface area contributed by atoms with Crippen LogP contribution in [0.25, 0.3) is 6.08 Å². The van der Waals surface area contributed by atoms with Crippen LogP contribution in [-0.4, -0.2) is 38.8 Å². The summed E-state index contributed by atoms with van der Waals surface area (Å²) in [6.45, 7) is 3.17. The molecule has 2 saturated heterocycles. The second-order valence-electron chi connectivity index (χ2n) is 6.90. The molecule has 4 nitrogen and oxygen atoms in total. The number of rotatable bonds is 5. The summed E-state index contributed by atoms with van der Waals surface area (Å²) in [4.78, 5) is 13.7. The zero-order valence-electron chi connectivity index (χ0n) is 14.5. The zero-order valence-corrected chi connectivity index (χ0v) is 14.5. The first-order valence-corrected chi connectivity index (χ1v) is 9.10. The van der Waals surface area contributed by atoms with Crippen molar-refractivity contribution in [1.82, 2.24) is 0 Å². The van der Waals surface area contributed by atoms with Gasteiger partial charge in [0.1, 0.15) is 12.4 Å². The first-order chi connectivity index (χ1) is 11.8. The van der Waals surface area contributed by atoms with E-state index in [4.69, 9.17) is 9.47 Å². The fraction of sp³-hybridized carbons (Fsp3) is 0.550. The molecule has 0 radical (unpaired) electrons. The number of carbonyl (C=O) groups excluding carboxylic acids is 1. The second-order valence-corrected chi connectivity index (χ2v) is 6.90. The molecule has 2 aliphatic rings. The number of quaternary nitrogens is 1. The third-order valence-electron chi connectivity index (χ3n) is 5.40. The maximum absolute atomic E-state index is 12.0. The monoisotopic (exact) mass is 330 g/mol. The molecule has 2 aliphatic heterocycles. The number of fused-ring (bicyclic) bond motifs is 1. The summed E-state index contributed by atoms with van der Waals surface area (Å²) in [7, 11) is 1.64. The molecule has 0 saturated carbocycles. The summed E-state index contributed by atoms with van der Waals surface area (Å²) >= 11 is 0. The second kappa shape index (κ2) is 8.34. The van der Waals surface area contributed by atoms with E-state index in [1.54, 1.807) is 18.1 Å². The van der Waals surface area contributed by atoms with Crippen molar-refractivity contribution >= 4 is 12.0 Å². The van der Waals surface area contributed by atoms with E-state index in [1.165, 1.54) is 51.3 Å². The molecule has 4 heteroatoms. The number of carbonyl (C=O) groups is 1. The van der Waals surface area contributed by atoms with Crippen LogP contribution in [0.3, 0.4) is 0 Å². The van der Waals surface area contributed by atoms with Crippen LogP contribution >= 0.6 is 0 Å². The maximum atomic E-state index is 12.0. The Kier molecular flexibility index (Phi) is 5.91. The average molecular weight is 330 g/mol. The first kappa shape index (κ1) is 17.0. The molecule has 1 unspecified atom stereocenters. The highest BCUT2D eigenvalue weighted by atomic mass is 16.5. The van der Waals surface area contributed by atoms with Gasteiger partial charge in [0.05, 0.1) is 26.2 Å². The van der Waals surface area contributed by atoms with Crippen LogP contribution in [0.15, 0.2) is 30.3 Å². The van der Waals surface area contributed by atoms with Gasteiger partial charge >= 0.3 is 5.97 Å². The highest BCUT2D eigenvalue weighted by molar-refractivity contribution is 5.87. The van der Waals surface area contributed by atoms with E-state index in [2.05, 4.69) is 0 Å². The molecule has 2 fully saturated rings. The van der Waals surface area contributed by atoms with Crippen molar-refractivity contribution in [2.75, 3.05) is 26.8 Å². The lowest BCUT2D eigenvalue weighted by Crippen LogP contribution is -3.18. The SMILES string of the molecule is COc1ccc(/C=C/C(=O)OC[C@@H]2CCC[NH+]3CCCC[C@H]23)cc1. The molecule has 3 rings (SSSR count). The van der Waals surface area contributed by atoms with Gasteiger partial charge in [0.2, 0.25) is 0 Å². The number of benzene rings is 1. The van der Waals surface area contributed by atoms with Crippen LogP contribution < -0.4 is 9.64 Å². The van der Waals surface area contributed by atoms with Crippen LogP contribution in [0.2, 0.25) is 0 Å². The maximum Gasteiger partial charge on any atom is 0.330 e. The Morgan fingerprint density at radius 1 is 1.17 bits per heavy atom. The summed E-state index contributed by atoms with van der Waals surface area (Å²) in [6, 6.07) is 8.31. The van der Waals surface area contributed by atoms with Crippen LogP contribution in [0.4, 0.5) is 0 Å². The van der Waals surface area contributed by atoms with Gasteiger partial charge in [-0.05, 0) is 55.9 Å². The molecule has 1 aromatic carbocycles. The quantitative estimate of drug-likeness (QED) is 0.664. The lowest BCUT2D eigenvalue weighted by molar-refractivity contribution is -0.940. The number of methoxy groups -OCH3 is 1. The van der Waals surface area contributed by atoms with Crippen molar-refractivity contribution in [3.63, 3.8) is 0 Å². The smallest absolute Gasteiger partial charge is 0.330 e. The van der Waals surface area contributed by atoms with E-state index >= 15 is 0 Å². The van der Waals surface area contributed by atoms with Gasteiger partial charge in [0.25, 0.3) is 0 Å². The van der Waals surface area contributed by atoms with Crippen molar-refractivity contribution in [3.8, 4) is 5.75 Å². The minimum absolute atomic E-state index is 0.242. The fourth-order valence-corrected chi connectivity index (χ4v) is 4.09. The van der Waals surface area contributed by atoms with Gasteiger partial charge < -0.3 is 14.4 Å². The van der Waals surface area contributed by atoms with Crippen molar-refractivity contribution in [2.45, 2.75) is 38.1 Å².